The molecule has 1 unspecified atom stereocenters. The highest BCUT2D eigenvalue weighted by atomic mass is 16.6. The van der Waals surface area contributed by atoms with Gasteiger partial charge in [0.2, 0.25) is 0 Å². The Balaban J connectivity index is 1.80. The first-order chi connectivity index (χ1) is 12.1. The first kappa shape index (κ1) is 21.9. The Morgan fingerprint density at radius 1 is 0.880 bits per heavy atom. The van der Waals surface area contributed by atoms with E-state index in [1.807, 2.05) is 0 Å². The molecule has 1 atom stereocenters. The molecule has 0 amide bonds. The minimum absolute atomic E-state index is 0.169. The second-order valence-corrected chi connectivity index (χ2v) is 7.90. The van der Waals surface area contributed by atoms with Gasteiger partial charge in [-0.3, -0.25) is 9.59 Å². The van der Waals surface area contributed by atoms with Crippen LogP contribution in [0.3, 0.4) is 0 Å². The molecule has 25 heavy (non-hydrogen) atoms. The predicted octanol–water partition coefficient (Wildman–Crippen LogP) is 6.36. The zero-order valence-electron chi connectivity index (χ0n) is 16.4. The van der Waals surface area contributed by atoms with Crippen molar-refractivity contribution in [2.24, 2.45) is 11.8 Å². The van der Waals surface area contributed by atoms with Crippen LogP contribution in [0.4, 0.5) is 0 Å². The summed E-state index contributed by atoms with van der Waals surface area (Å²) in [6.07, 6.45) is 21.0. The number of carbonyl (C=O) groups is 2. The molecule has 1 aliphatic rings. The zero-order chi connectivity index (χ0) is 18.3. The van der Waals surface area contributed by atoms with Gasteiger partial charge >= 0.3 is 11.9 Å². The third-order valence-corrected chi connectivity index (χ3v) is 4.95. The topological polar surface area (TPSA) is 43.4 Å². The average Bonchev–Trinajstić information content (AvgIpc) is 2.88. The van der Waals surface area contributed by atoms with Gasteiger partial charge in [-0.2, -0.15) is 0 Å². The van der Waals surface area contributed by atoms with E-state index in [1.165, 1.54) is 64.2 Å². The van der Waals surface area contributed by atoms with Crippen LogP contribution in [0.25, 0.3) is 0 Å². The van der Waals surface area contributed by atoms with Crippen LogP contribution < -0.4 is 0 Å². The molecule has 0 spiro atoms. The van der Waals surface area contributed by atoms with E-state index in [4.69, 9.17) is 0 Å². The van der Waals surface area contributed by atoms with Gasteiger partial charge in [0, 0.05) is 0 Å². The molecule has 0 N–H and O–H groups in total. The first-order valence-electron chi connectivity index (χ1n) is 10.5. The quantitative estimate of drug-likeness (QED) is 0.149. The van der Waals surface area contributed by atoms with Gasteiger partial charge in [0.25, 0.3) is 0 Å². The van der Waals surface area contributed by atoms with Gasteiger partial charge < -0.3 is 4.74 Å². The lowest BCUT2D eigenvalue weighted by atomic mass is 9.99. The monoisotopic (exact) mass is 350 g/mol. The maximum Gasteiger partial charge on any atom is 0.317 e. The van der Waals surface area contributed by atoms with Crippen LogP contribution in [0.15, 0.2) is 12.2 Å². The van der Waals surface area contributed by atoms with Crippen LogP contribution in [0.2, 0.25) is 0 Å². The first-order valence-corrected chi connectivity index (χ1v) is 10.5. The summed E-state index contributed by atoms with van der Waals surface area (Å²) in [5.74, 6) is 0.0210. The van der Waals surface area contributed by atoms with E-state index in [0.717, 1.165) is 25.2 Å². The fourth-order valence-electron chi connectivity index (χ4n) is 3.33. The SMILES string of the molecule is CC(C)CCCCCCCC=CCCCCCCC1CC(=O)OC1=O. The van der Waals surface area contributed by atoms with E-state index >= 15 is 0 Å². The molecule has 0 bridgehead atoms. The van der Waals surface area contributed by atoms with Crippen molar-refractivity contribution in [2.75, 3.05) is 0 Å². The number of rotatable bonds is 15. The Labute approximate surface area is 154 Å². The molecular weight excluding hydrogens is 312 g/mol. The lowest BCUT2D eigenvalue weighted by molar-refractivity contribution is -0.153. The largest absolute Gasteiger partial charge is 0.393 e. The molecule has 1 rings (SSSR count). The third kappa shape index (κ3) is 12.0. The number of hydrogen-bond acceptors (Lipinski definition) is 3. The summed E-state index contributed by atoms with van der Waals surface area (Å²) < 4.78 is 4.57. The molecule has 0 saturated carbocycles. The van der Waals surface area contributed by atoms with Crippen LogP contribution in [0.1, 0.15) is 104 Å². The molecule has 3 heteroatoms. The highest BCUT2D eigenvalue weighted by Gasteiger charge is 2.32. The minimum Gasteiger partial charge on any atom is -0.393 e. The van der Waals surface area contributed by atoms with Crippen LogP contribution in [0.5, 0.6) is 0 Å². The third-order valence-electron chi connectivity index (χ3n) is 4.95. The van der Waals surface area contributed by atoms with Gasteiger partial charge in [-0.25, -0.2) is 0 Å². The van der Waals surface area contributed by atoms with E-state index < -0.39 is 0 Å². The number of carbonyl (C=O) groups excluding carboxylic acids is 2. The molecule has 3 nitrogen and oxygen atoms in total. The molecule has 1 fully saturated rings. The molecule has 1 aliphatic heterocycles. The lowest BCUT2D eigenvalue weighted by Gasteiger charge is -2.04. The summed E-state index contributed by atoms with van der Waals surface area (Å²) in [5.41, 5.74) is 0. The summed E-state index contributed by atoms with van der Waals surface area (Å²) in [7, 11) is 0. The maximum absolute atomic E-state index is 11.3. The number of esters is 2. The fraction of sp³-hybridized carbons (Fsp3) is 0.818. The summed E-state index contributed by atoms with van der Waals surface area (Å²) in [6, 6.07) is 0. The number of allylic oxidation sites excluding steroid dienone is 2. The molecule has 1 heterocycles. The van der Waals surface area contributed by atoms with Gasteiger partial charge in [-0.15, -0.1) is 0 Å². The number of ether oxygens (including phenoxy) is 1. The summed E-state index contributed by atoms with van der Waals surface area (Å²) in [6.45, 7) is 4.61. The second kappa shape index (κ2) is 14.1. The molecule has 0 radical (unpaired) electrons. The molecule has 0 aromatic carbocycles. The minimum atomic E-state index is -0.351. The van der Waals surface area contributed by atoms with E-state index in [1.54, 1.807) is 0 Å². The Hall–Kier alpha value is -1.12. The Morgan fingerprint density at radius 2 is 1.44 bits per heavy atom. The smallest absolute Gasteiger partial charge is 0.317 e. The molecular formula is C22H38O3. The number of unbranched alkanes of at least 4 members (excludes halogenated alkanes) is 9. The Bertz CT molecular complexity index is 398. The predicted molar refractivity (Wildman–Crippen MR) is 103 cm³/mol. The maximum atomic E-state index is 11.3. The van der Waals surface area contributed by atoms with E-state index in [-0.39, 0.29) is 17.9 Å². The van der Waals surface area contributed by atoms with Crippen molar-refractivity contribution in [3.05, 3.63) is 12.2 Å². The van der Waals surface area contributed by atoms with E-state index in [2.05, 4.69) is 30.7 Å². The van der Waals surface area contributed by atoms with E-state index in [0.29, 0.717) is 6.42 Å². The Morgan fingerprint density at radius 3 is 2.00 bits per heavy atom. The van der Waals surface area contributed by atoms with Gasteiger partial charge in [0.1, 0.15) is 0 Å². The lowest BCUT2D eigenvalue weighted by Crippen LogP contribution is -2.06. The molecule has 144 valence electrons. The molecule has 0 aliphatic carbocycles. The van der Waals surface area contributed by atoms with Crippen LogP contribution in [-0.4, -0.2) is 11.9 Å². The van der Waals surface area contributed by atoms with Crippen molar-refractivity contribution in [2.45, 2.75) is 104 Å². The summed E-state index contributed by atoms with van der Waals surface area (Å²) in [4.78, 5) is 22.3. The van der Waals surface area contributed by atoms with Crippen molar-refractivity contribution in [1.82, 2.24) is 0 Å². The van der Waals surface area contributed by atoms with Crippen molar-refractivity contribution in [3.8, 4) is 0 Å². The van der Waals surface area contributed by atoms with E-state index in [9.17, 15) is 9.59 Å². The van der Waals surface area contributed by atoms with Crippen LogP contribution >= 0.6 is 0 Å². The molecule has 0 aromatic rings. The number of cyclic esters (lactones) is 2. The highest BCUT2D eigenvalue weighted by Crippen LogP contribution is 2.22. The fourth-order valence-corrected chi connectivity index (χ4v) is 3.33. The van der Waals surface area contributed by atoms with Crippen molar-refractivity contribution in [3.63, 3.8) is 0 Å². The van der Waals surface area contributed by atoms with Gasteiger partial charge in [-0.1, -0.05) is 77.4 Å². The Kier molecular flexibility index (Phi) is 12.4. The van der Waals surface area contributed by atoms with Crippen molar-refractivity contribution >= 4 is 11.9 Å². The standard InChI is InChI=1S/C22H38O3/c1-19(2)16-14-12-10-8-6-4-3-5-7-9-11-13-15-17-20-18-21(23)25-22(20)24/h3,5,19-20H,4,6-18H2,1-2H3. The zero-order valence-corrected chi connectivity index (χ0v) is 16.4. The van der Waals surface area contributed by atoms with Gasteiger partial charge in [-0.05, 0) is 38.0 Å². The molecule has 0 aromatic heterocycles. The average molecular weight is 351 g/mol. The van der Waals surface area contributed by atoms with Gasteiger partial charge in [0.15, 0.2) is 0 Å². The molecule has 1 saturated heterocycles. The normalized spacial score (nSPS) is 17.8. The summed E-state index contributed by atoms with van der Waals surface area (Å²) >= 11 is 0. The van der Waals surface area contributed by atoms with Crippen molar-refractivity contribution < 1.29 is 14.3 Å². The van der Waals surface area contributed by atoms with Crippen molar-refractivity contribution in [1.29, 1.82) is 0 Å². The number of hydrogen-bond donors (Lipinski definition) is 0. The van der Waals surface area contributed by atoms with Gasteiger partial charge in [0.05, 0.1) is 12.3 Å². The second-order valence-electron chi connectivity index (χ2n) is 7.90. The van der Waals surface area contributed by atoms with Crippen LogP contribution in [0, 0.1) is 11.8 Å². The highest BCUT2D eigenvalue weighted by molar-refractivity contribution is 5.94. The van der Waals surface area contributed by atoms with Crippen LogP contribution in [-0.2, 0) is 14.3 Å². The summed E-state index contributed by atoms with van der Waals surface area (Å²) in [5, 5.41) is 0.